The van der Waals surface area contributed by atoms with E-state index in [4.69, 9.17) is 4.98 Å². The van der Waals surface area contributed by atoms with E-state index in [1.165, 1.54) is 5.56 Å². The molecule has 7 nitrogen and oxygen atoms in total. The van der Waals surface area contributed by atoms with Gasteiger partial charge in [-0.05, 0) is 31.2 Å². The predicted octanol–water partition coefficient (Wildman–Crippen LogP) is 1.65. The van der Waals surface area contributed by atoms with E-state index in [2.05, 4.69) is 32.7 Å². The van der Waals surface area contributed by atoms with Crippen LogP contribution in [0.3, 0.4) is 0 Å². The lowest BCUT2D eigenvalue weighted by Gasteiger charge is -2.35. The van der Waals surface area contributed by atoms with E-state index in [0.717, 1.165) is 43.6 Å². The Morgan fingerprint density at radius 2 is 2.07 bits per heavy atom. The number of hydrogen-bond acceptors (Lipinski definition) is 5. The van der Waals surface area contributed by atoms with Crippen molar-refractivity contribution in [3.05, 3.63) is 53.0 Å². The Hall–Kier alpha value is -2.96. The minimum Gasteiger partial charge on any atom is -0.354 e. The fourth-order valence-corrected chi connectivity index (χ4v) is 4.17. The normalized spacial score (nSPS) is 18.7. The number of carbonyl (C=O) groups is 2. The van der Waals surface area contributed by atoms with Crippen LogP contribution in [0.15, 0.2) is 30.3 Å². The van der Waals surface area contributed by atoms with Crippen molar-refractivity contribution in [1.82, 2.24) is 20.6 Å². The summed E-state index contributed by atoms with van der Waals surface area (Å²) < 4.78 is 0. The lowest BCUT2D eigenvalue weighted by molar-refractivity contribution is -0.119. The number of amides is 2. The van der Waals surface area contributed by atoms with Crippen LogP contribution >= 0.6 is 0 Å². The molecule has 2 amide bonds. The van der Waals surface area contributed by atoms with E-state index >= 15 is 0 Å². The van der Waals surface area contributed by atoms with Crippen LogP contribution in [0.25, 0.3) is 0 Å². The van der Waals surface area contributed by atoms with Gasteiger partial charge in [-0.25, -0.2) is 9.97 Å². The number of aryl methyl sites for hydroxylation is 2. The van der Waals surface area contributed by atoms with Crippen LogP contribution in [0.4, 0.5) is 5.82 Å². The Kier molecular flexibility index (Phi) is 5.74. The van der Waals surface area contributed by atoms with Crippen molar-refractivity contribution in [2.45, 2.75) is 45.1 Å². The number of piperidine rings is 1. The molecule has 1 aromatic carbocycles. The zero-order chi connectivity index (χ0) is 20.2. The summed E-state index contributed by atoms with van der Waals surface area (Å²) >= 11 is 0. The predicted molar refractivity (Wildman–Crippen MR) is 111 cm³/mol. The third-order valence-electron chi connectivity index (χ3n) is 5.52. The Balaban J connectivity index is 1.62. The van der Waals surface area contributed by atoms with Crippen LogP contribution in [-0.2, 0) is 24.1 Å². The van der Waals surface area contributed by atoms with Crippen molar-refractivity contribution in [2.24, 2.45) is 0 Å². The number of nitrogens with zero attached hydrogens (tertiary/aromatic N) is 3. The number of benzene rings is 1. The largest absolute Gasteiger partial charge is 0.354 e. The highest BCUT2D eigenvalue weighted by Crippen LogP contribution is 2.27. The molecule has 152 valence electrons. The van der Waals surface area contributed by atoms with Crippen LogP contribution in [0, 0.1) is 0 Å². The summed E-state index contributed by atoms with van der Waals surface area (Å²) in [5.74, 6) is 1.43. The highest BCUT2D eigenvalue weighted by molar-refractivity contribution is 5.96. The molecule has 2 N–H and O–H groups in total. The zero-order valence-corrected chi connectivity index (χ0v) is 16.8. The van der Waals surface area contributed by atoms with Gasteiger partial charge in [0.05, 0.1) is 0 Å². The van der Waals surface area contributed by atoms with Crippen LogP contribution in [0.5, 0.6) is 0 Å². The molecular weight excluding hydrogens is 366 g/mol. The summed E-state index contributed by atoms with van der Waals surface area (Å²) in [4.78, 5) is 35.7. The molecule has 0 radical (unpaired) electrons. The Morgan fingerprint density at radius 1 is 1.24 bits per heavy atom. The quantitative estimate of drug-likeness (QED) is 0.807. The maximum Gasteiger partial charge on any atom is 0.270 e. The molecule has 3 heterocycles. The minimum atomic E-state index is -0.119. The van der Waals surface area contributed by atoms with Crippen LogP contribution in [0.1, 0.15) is 47.2 Å². The Bertz CT molecular complexity index is 900. The average molecular weight is 393 g/mol. The molecule has 1 saturated heterocycles. The van der Waals surface area contributed by atoms with Gasteiger partial charge in [-0.2, -0.15) is 0 Å². The zero-order valence-electron chi connectivity index (χ0n) is 16.8. The molecule has 7 heteroatoms. The fraction of sp³-hybridized carbons (Fsp3) is 0.455. The third kappa shape index (κ3) is 4.55. The first-order valence-corrected chi connectivity index (χ1v) is 10.3. The summed E-state index contributed by atoms with van der Waals surface area (Å²) in [5, 5.41) is 5.93. The number of nitrogens with one attached hydrogen (secondary N) is 2. The van der Waals surface area contributed by atoms with Gasteiger partial charge in [0.2, 0.25) is 5.91 Å². The second kappa shape index (κ2) is 8.59. The molecule has 1 fully saturated rings. The minimum absolute atomic E-state index is 0.00973. The highest BCUT2D eigenvalue weighted by atomic mass is 16.2. The number of aromatic nitrogens is 2. The Morgan fingerprint density at radius 3 is 2.86 bits per heavy atom. The van der Waals surface area contributed by atoms with Gasteiger partial charge < -0.3 is 15.5 Å². The second-order valence-electron chi connectivity index (χ2n) is 7.77. The number of rotatable bonds is 5. The molecule has 2 aliphatic rings. The molecule has 1 atom stereocenters. The van der Waals surface area contributed by atoms with Crippen LogP contribution in [0.2, 0.25) is 0 Å². The van der Waals surface area contributed by atoms with E-state index in [9.17, 15) is 9.59 Å². The van der Waals surface area contributed by atoms with Gasteiger partial charge in [0, 0.05) is 44.6 Å². The van der Waals surface area contributed by atoms with Crippen molar-refractivity contribution in [1.29, 1.82) is 0 Å². The van der Waals surface area contributed by atoms with Gasteiger partial charge in [-0.3, -0.25) is 9.59 Å². The summed E-state index contributed by atoms with van der Waals surface area (Å²) in [6.45, 7) is 3.74. The topological polar surface area (TPSA) is 87.2 Å². The average Bonchev–Trinajstić information content (AvgIpc) is 2.73. The van der Waals surface area contributed by atoms with E-state index in [0.29, 0.717) is 31.0 Å². The monoisotopic (exact) mass is 393 g/mol. The van der Waals surface area contributed by atoms with Gasteiger partial charge in [0.25, 0.3) is 5.91 Å². The van der Waals surface area contributed by atoms with Gasteiger partial charge in [-0.1, -0.05) is 30.3 Å². The Labute approximate surface area is 170 Å². The van der Waals surface area contributed by atoms with Gasteiger partial charge in [0.1, 0.15) is 17.3 Å². The number of fused-ring (bicyclic) bond motifs is 1. The second-order valence-corrected chi connectivity index (χ2v) is 7.77. The summed E-state index contributed by atoms with van der Waals surface area (Å²) in [5.41, 5.74) is 2.66. The molecular formula is C22H27N5O2. The summed E-state index contributed by atoms with van der Waals surface area (Å²) in [7, 11) is 0. The van der Waals surface area contributed by atoms with E-state index < -0.39 is 0 Å². The molecule has 0 spiro atoms. The molecule has 0 saturated carbocycles. The fourth-order valence-electron chi connectivity index (χ4n) is 4.17. The van der Waals surface area contributed by atoms with Gasteiger partial charge >= 0.3 is 0 Å². The van der Waals surface area contributed by atoms with E-state index in [-0.39, 0.29) is 17.9 Å². The number of carbonyl (C=O) groups excluding carboxylic acids is 2. The number of anilines is 1. The summed E-state index contributed by atoms with van der Waals surface area (Å²) in [6.07, 6.45) is 4.19. The lowest BCUT2D eigenvalue weighted by atomic mass is 10.0. The maximum absolute atomic E-state index is 12.5. The third-order valence-corrected chi connectivity index (χ3v) is 5.52. The van der Waals surface area contributed by atoms with Gasteiger partial charge in [-0.15, -0.1) is 0 Å². The van der Waals surface area contributed by atoms with Crippen LogP contribution < -0.4 is 15.5 Å². The van der Waals surface area contributed by atoms with E-state index in [1.807, 2.05) is 18.2 Å². The van der Waals surface area contributed by atoms with Crippen molar-refractivity contribution in [3.8, 4) is 0 Å². The van der Waals surface area contributed by atoms with Crippen molar-refractivity contribution in [3.63, 3.8) is 0 Å². The van der Waals surface area contributed by atoms with E-state index in [1.54, 1.807) is 6.92 Å². The first-order chi connectivity index (χ1) is 14.1. The molecule has 0 aliphatic carbocycles. The van der Waals surface area contributed by atoms with Crippen molar-refractivity contribution in [2.75, 3.05) is 24.5 Å². The maximum atomic E-state index is 12.5. The summed E-state index contributed by atoms with van der Waals surface area (Å²) in [6, 6.07) is 10.3. The molecule has 29 heavy (non-hydrogen) atoms. The van der Waals surface area contributed by atoms with Crippen molar-refractivity contribution < 1.29 is 9.59 Å². The number of hydrogen-bond donors (Lipinski definition) is 2. The first kappa shape index (κ1) is 19.4. The standard InChI is InChI=1S/C22H27N5O2/c1-15(28)24-17-8-5-13-27(14-17)21-18-11-12-23-22(29)20(18)25-19(26-21)10-9-16-6-3-2-4-7-16/h2-4,6-7,17H,5,8-14H2,1H3,(H,23,29)(H,24,28). The molecule has 1 unspecified atom stereocenters. The lowest BCUT2D eigenvalue weighted by Crippen LogP contribution is -2.48. The van der Waals surface area contributed by atoms with Crippen LogP contribution in [-0.4, -0.2) is 47.5 Å². The smallest absolute Gasteiger partial charge is 0.270 e. The molecule has 0 bridgehead atoms. The van der Waals surface area contributed by atoms with Gasteiger partial charge in [0.15, 0.2) is 0 Å². The highest BCUT2D eigenvalue weighted by Gasteiger charge is 2.29. The molecule has 1 aromatic heterocycles. The molecule has 2 aromatic rings. The molecule has 4 rings (SSSR count). The molecule has 2 aliphatic heterocycles. The van der Waals surface area contributed by atoms with Crippen molar-refractivity contribution >= 4 is 17.6 Å². The SMILES string of the molecule is CC(=O)NC1CCCN(c2nc(CCc3ccccc3)nc3c2CCNC3=O)C1. The first-order valence-electron chi connectivity index (χ1n) is 10.3.